The molecule has 2 aliphatic rings. The van der Waals surface area contributed by atoms with E-state index >= 15 is 0 Å². The van der Waals surface area contributed by atoms with Crippen molar-refractivity contribution in [3.63, 3.8) is 0 Å². The van der Waals surface area contributed by atoms with E-state index < -0.39 is 0 Å². The predicted octanol–water partition coefficient (Wildman–Crippen LogP) is -1.42. The third kappa shape index (κ3) is 3.04. The Hall–Kier alpha value is -1.76. The number of hydrogen-bond donors (Lipinski definition) is 2. The molecule has 2 fully saturated rings. The zero-order valence-electron chi connectivity index (χ0n) is 12.9. The Morgan fingerprint density at radius 2 is 1.91 bits per heavy atom. The minimum absolute atomic E-state index is 0.0665. The third-order valence-electron chi connectivity index (χ3n) is 4.40. The first-order chi connectivity index (χ1) is 10.7. The van der Waals surface area contributed by atoms with Crippen LogP contribution in [0.3, 0.4) is 0 Å². The number of likely N-dealkylation sites (N-methyl/N-ethyl adjacent to an activating group) is 1. The Labute approximate surface area is 130 Å². The number of rotatable bonds is 4. The summed E-state index contributed by atoms with van der Waals surface area (Å²) >= 11 is 0. The summed E-state index contributed by atoms with van der Waals surface area (Å²) < 4.78 is 5.38. The van der Waals surface area contributed by atoms with Crippen LogP contribution in [0.2, 0.25) is 0 Å². The number of nitrogens with one attached hydrogen (secondary N) is 1. The molecule has 6 heteroatoms. The van der Waals surface area contributed by atoms with E-state index in [-0.39, 0.29) is 17.9 Å². The maximum atomic E-state index is 12.1. The van der Waals surface area contributed by atoms with Crippen LogP contribution in [-0.4, -0.2) is 55.6 Å². The number of amides is 2. The van der Waals surface area contributed by atoms with Gasteiger partial charge in [-0.3, -0.25) is 19.4 Å². The molecule has 3 rings (SSSR count). The van der Waals surface area contributed by atoms with Crippen molar-refractivity contribution in [2.75, 3.05) is 32.8 Å². The van der Waals surface area contributed by atoms with E-state index in [1.165, 1.54) is 15.5 Å². The zero-order valence-corrected chi connectivity index (χ0v) is 12.9. The Morgan fingerprint density at radius 3 is 2.50 bits per heavy atom. The van der Waals surface area contributed by atoms with E-state index in [9.17, 15) is 9.59 Å². The summed E-state index contributed by atoms with van der Waals surface area (Å²) in [6, 6.07) is 7.96. The molecule has 22 heavy (non-hydrogen) atoms. The molecule has 0 saturated carbocycles. The van der Waals surface area contributed by atoms with Gasteiger partial charge in [-0.25, -0.2) is 0 Å². The summed E-state index contributed by atoms with van der Waals surface area (Å²) in [4.78, 5) is 26.6. The Kier molecular flexibility index (Phi) is 4.52. The molecule has 0 aliphatic carbocycles. The maximum absolute atomic E-state index is 12.1. The van der Waals surface area contributed by atoms with Gasteiger partial charge in [0.05, 0.1) is 19.6 Å². The molecule has 3 N–H and O–H groups in total. The second-order valence-corrected chi connectivity index (χ2v) is 5.79. The smallest absolute Gasteiger partial charge is 0.288 e. The van der Waals surface area contributed by atoms with E-state index in [0.717, 1.165) is 32.0 Å². The minimum atomic E-state index is -0.311. The zero-order chi connectivity index (χ0) is 15.5. The number of nitrogens with two attached hydrogens (primary N) is 1. The molecular weight excluding hydrogens is 282 g/mol. The van der Waals surface area contributed by atoms with Crippen LogP contribution >= 0.6 is 0 Å². The molecular formula is C16H23N3O3+2. The second kappa shape index (κ2) is 6.56. The maximum Gasteiger partial charge on any atom is 0.288 e. The topological polar surface area (TPSA) is 67.7 Å². The van der Waals surface area contributed by atoms with Gasteiger partial charge in [-0.1, -0.05) is 0 Å². The van der Waals surface area contributed by atoms with Gasteiger partial charge in [0.2, 0.25) is 5.91 Å². The lowest BCUT2D eigenvalue weighted by molar-refractivity contribution is -0.842. The lowest BCUT2D eigenvalue weighted by Crippen LogP contribution is -3.09. The highest BCUT2D eigenvalue weighted by molar-refractivity contribution is 6.04. The summed E-state index contributed by atoms with van der Waals surface area (Å²) in [6.07, 6.45) is 0.295. The molecule has 6 nitrogen and oxygen atoms in total. The van der Waals surface area contributed by atoms with Crippen LogP contribution in [0.5, 0.6) is 0 Å². The number of hydrogen-bond acceptors (Lipinski definition) is 3. The van der Waals surface area contributed by atoms with Crippen molar-refractivity contribution in [1.29, 1.82) is 0 Å². The van der Waals surface area contributed by atoms with Crippen LogP contribution in [0.25, 0.3) is 0 Å². The summed E-state index contributed by atoms with van der Waals surface area (Å²) in [7, 11) is 0. The highest BCUT2D eigenvalue weighted by atomic mass is 16.5. The number of quaternary nitrogens is 2. The highest BCUT2D eigenvalue weighted by Crippen LogP contribution is 2.12. The summed E-state index contributed by atoms with van der Waals surface area (Å²) in [5, 5.41) is 1.91. The van der Waals surface area contributed by atoms with Gasteiger partial charge in [-0.2, -0.15) is 0 Å². The minimum Gasteiger partial charge on any atom is -0.370 e. The van der Waals surface area contributed by atoms with Crippen molar-refractivity contribution in [2.24, 2.45) is 0 Å². The normalized spacial score (nSPS) is 23.3. The average Bonchev–Trinajstić information content (AvgIpc) is 2.82. The summed E-state index contributed by atoms with van der Waals surface area (Å²) in [5.41, 5.74) is 2.25. The van der Waals surface area contributed by atoms with Crippen molar-refractivity contribution in [3.05, 3.63) is 24.3 Å². The van der Waals surface area contributed by atoms with Gasteiger partial charge in [0.15, 0.2) is 6.04 Å². The van der Waals surface area contributed by atoms with Crippen LogP contribution in [0.4, 0.5) is 11.4 Å². The van der Waals surface area contributed by atoms with Crippen molar-refractivity contribution < 1.29 is 24.5 Å². The van der Waals surface area contributed by atoms with Crippen LogP contribution < -0.4 is 10.2 Å². The van der Waals surface area contributed by atoms with Gasteiger partial charge in [0.25, 0.3) is 5.91 Å². The van der Waals surface area contributed by atoms with Crippen LogP contribution in [0.1, 0.15) is 13.3 Å². The number of carbonyl (C=O) groups is 2. The first-order valence-electron chi connectivity index (χ1n) is 7.91. The van der Waals surface area contributed by atoms with Crippen LogP contribution in [-0.2, 0) is 14.3 Å². The molecule has 1 atom stereocenters. The van der Waals surface area contributed by atoms with Crippen LogP contribution in [0.15, 0.2) is 24.3 Å². The Bertz CT molecular complexity index is 552. The van der Waals surface area contributed by atoms with E-state index in [4.69, 9.17) is 4.74 Å². The molecule has 2 saturated heterocycles. The van der Waals surface area contributed by atoms with Gasteiger partial charge in [-0.05, 0) is 6.92 Å². The number of morpholine rings is 1. The fraction of sp³-hybridized carbons (Fsp3) is 0.500. The van der Waals surface area contributed by atoms with E-state index in [1.807, 2.05) is 24.4 Å². The van der Waals surface area contributed by atoms with Gasteiger partial charge in [0.1, 0.15) is 24.5 Å². The summed E-state index contributed by atoms with van der Waals surface area (Å²) in [6.45, 7) is 5.87. The number of likely N-dealkylation sites (tertiary alicyclic amines) is 1. The predicted molar refractivity (Wildman–Crippen MR) is 80.0 cm³/mol. The van der Waals surface area contributed by atoms with E-state index in [0.29, 0.717) is 13.0 Å². The molecule has 0 radical (unpaired) electrons. The lowest BCUT2D eigenvalue weighted by Gasteiger charge is -2.23. The molecule has 0 aromatic heterocycles. The van der Waals surface area contributed by atoms with E-state index in [2.05, 4.69) is 12.1 Å². The molecule has 0 bridgehead atoms. The molecule has 1 aromatic rings. The molecule has 0 spiro atoms. The highest BCUT2D eigenvalue weighted by Gasteiger charge is 2.40. The third-order valence-corrected chi connectivity index (χ3v) is 4.40. The number of imide groups is 1. The fourth-order valence-electron chi connectivity index (χ4n) is 3.14. The largest absolute Gasteiger partial charge is 0.370 e. The van der Waals surface area contributed by atoms with Crippen molar-refractivity contribution >= 4 is 23.2 Å². The fourth-order valence-corrected chi connectivity index (χ4v) is 3.14. The monoisotopic (exact) mass is 305 g/mol. The first kappa shape index (κ1) is 15.1. The van der Waals surface area contributed by atoms with Gasteiger partial charge in [-0.15, -0.1) is 0 Å². The SMILES string of the molecule is CCN1C(=O)CC([NH2+]c2ccc([NH+]3CCOCC3)cc2)C1=O. The first-order valence-corrected chi connectivity index (χ1v) is 7.91. The van der Waals surface area contributed by atoms with Crippen molar-refractivity contribution in [1.82, 2.24) is 4.90 Å². The second-order valence-electron chi connectivity index (χ2n) is 5.79. The molecule has 2 heterocycles. The molecule has 1 aromatic carbocycles. The number of benzene rings is 1. The Morgan fingerprint density at radius 1 is 1.23 bits per heavy atom. The molecule has 1 unspecified atom stereocenters. The van der Waals surface area contributed by atoms with Crippen molar-refractivity contribution in [3.8, 4) is 0 Å². The average molecular weight is 305 g/mol. The number of carbonyl (C=O) groups excluding carboxylic acids is 2. The molecule has 2 amide bonds. The lowest BCUT2D eigenvalue weighted by atomic mass is 10.2. The van der Waals surface area contributed by atoms with Gasteiger partial charge < -0.3 is 10.1 Å². The Balaban J connectivity index is 1.64. The number of nitrogens with zero attached hydrogens (tertiary/aromatic N) is 1. The standard InChI is InChI=1S/C16H21N3O3/c1-2-19-15(20)11-14(16(19)21)17-12-3-5-13(6-4-12)18-7-9-22-10-8-18/h3-6,14,17H,2,7-11H2,1H3/p+2. The van der Waals surface area contributed by atoms with Gasteiger partial charge in [0, 0.05) is 30.8 Å². The molecule has 2 aliphatic heterocycles. The molecule has 118 valence electrons. The summed E-state index contributed by atoms with van der Waals surface area (Å²) in [5.74, 6) is -0.140. The van der Waals surface area contributed by atoms with Crippen LogP contribution in [0, 0.1) is 0 Å². The number of ether oxygens (including phenoxy) is 1. The van der Waals surface area contributed by atoms with E-state index in [1.54, 1.807) is 0 Å². The van der Waals surface area contributed by atoms with Crippen molar-refractivity contribution in [2.45, 2.75) is 19.4 Å². The van der Waals surface area contributed by atoms with Gasteiger partial charge >= 0.3 is 0 Å². The quantitative estimate of drug-likeness (QED) is 0.530.